The Bertz CT molecular complexity index is 670. The van der Waals surface area contributed by atoms with E-state index in [0.717, 1.165) is 5.56 Å². The molecule has 0 radical (unpaired) electrons. The van der Waals surface area contributed by atoms with Crippen LogP contribution in [-0.4, -0.2) is 35.2 Å². The molecular formula is C16H13NO6. The van der Waals surface area contributed by atoms with Crippen LogP contribution in [0, 0.1) is 11.8 Å². The minimum Gasteiger partial charge on any atom is -0.428 e. The number of nitrogens with zero attached hydrogens (tertiary/aromatic N) is 1. The first kappa shape index (κ1) is 14.0. The van der Waals surface area contributed by atoms with E-state index in [1.54, 1.807) is 24.3 Å². The quantitative estimate of drug-likeness (QED) is 0.473. The zero-order chi connectivity index (χ0) is 16.0. The Kier molecular flexibility index (Phi) is 3.16. The van der Waals surface area contributed by atoms with Gasteiger partial charge in [-0.05, 0) is 5.56 Å². The van der Waals surface area contributed by atoms with Crippen molar-refractivity contribution in [3.05, 3.63) is 48.0 Å². The summed E-state index contributed by atoms with van der Waals surface area (Å²) < 4.78 is 10.4. The van der Waals surface area contributed by atoms with Crippen molar-refractivity contribution in [1.82, 2.24) is 5.06 Å². The van der Waals surface area contributed by atoms with Crippen molar-refractivity contribution in [3.8, 4) is 0 Å². The van der Waals surface area contributed by atoms with Crippen LogP contribution in [0.25, 0.3) is 0 Å². The van der Waals surface area contributed by atoms with Gasteiger partial charge < -0.3 is 9.47 Å². The number of amides is 2. The Labute approximate surface area is 131 Å². The SMILES string of the molecule is O=C(OCc1ccccc1)ON1C(=O)[C@H]2[C@H](C1=O)[C@H]1C=C[C@H]2O1. The highest BCUT2D eigenvalue weighted by molar-refractivity contribution is 6.06. The lowest BCUT2D eigenvalue weighted by Gasteiger charge is -2.15. The van der Waals surface area contributed by atoms with Crippen molar-refractivity contribution in [2.75, 3.05) is 0 Å². The van der Waals surface area contributed by atoms with Gasteiger partial charge in [-0.3, -0.25) is 14.4 Å². The summed E-state index contributed by atoms with van der Waals surface area (Å²) in [4.78, 5) is 41.0. The lowest BCUT2D eigenvalue weighted by Crippen LogP contribution is -2.36. The maximum atomic E-state index is 12.3. The van der Waals surface area contributed by atoms with E-state index in [0.29, 0.717) is 5.06 Å². The summed E-state index contributed by atoms with van der Waals surface area (Å²) in [6.07, 6.45) is 1.59. The minimum absolute atomic E-state index is 0.00132. The lowest BCUT2D eigenvalue weighted by atomic mass is 9.85. The van der Waals surface area contributed by atoms with Gasteiger partial charge in [-0.1, -0.05) is 47.5 Å². The molecule has 0 spiro atoms. The zero-order valence-corrected chi connectivity index (χ0v) is 12.0. The van der Waals surface area contributed by atoms with E-state index in [2.05, 4.69) is 0 Å². The smallest absolute Gasteiger partial charge is 0.428 e. The molecule has 7 nitrogen and oxygen atoms in total. The zero-order valence-electron chi connectivity index (χ0n) is 12.0. The molecule has 3 aliphatic rings. The van der Waals surface area contributed by atoms with E-state index in [9.17, 15) is 14.4 Å². The predicted molar refractivity (Wildman–Crippen MR) is 74.3 cm³/mol. The van der Waals surface area contributed by atoms with Crippen molar-refractivity contribution in [2.24, 2.45) is 11.8 Å². The van der Waals surface area contributed by atoms with Gasteiger partial charge in [0.25, 0.3) is 11.8 Å². The van der Waals surface area contributed by atoms with Gasteiger partial charge in [-0.25, -0.2) is 4.79 Å². The average Bonchev–Trinajstić information content (AvgIpc) is 3.24. The van der Waals surface area contributed by atoms with E-state index < -0.39 is 42.0 Å². The second-order valence-electron chi connectivity index (χ2n) is 5.59. The standard InChI is InChI=1S/C16H13NO6/c18-14-12-10-6-7-11(22-10)13(12)15(19)17(14)23-16(20)21-8-9-4-2-1-3-5-9/h1-7,10-13H,8H2/t10-,11-,12-,13-/m1/s1. The number of carbonyl (C=O) groups excluding carboxylic acids is 3. The fraction of sp³-hybridized carbons (Fsp3) is 0.312. The van der Waals surface area contributed by atoms with E-state index in [1.165, 1.54) is 0 Å². The van der Waals surface area contributed by atoms with Crippen LogP contribution in [0.1, 0.15) is 5.56 Å². The van der Waals surface area contributed by atoms with E-state index in [1.807, 2.05) is 18.2 Å². The van der Waals surface area contributed by atoms with Crippen LogP contribution in [0.4, 0.5) is 4.79 Å². The molecule has 1 aromatic rings. The summed E-state index contributed by atoms with van der Waals surface area (Å²) >= 11 is 0. The fourth-order valence-electron chi connectivity index (χ4n) is 3.18. The Balaban J connectivity index is 1.39. The molecular weight excluding hydrogens is 302 g/mol. The molecule has 23 heavy (non-hydrogen) atoms. The monoisotopic (exact) mass is 315 g/mol. The highest BCUT2D eigenvalue weighted by Gasteiger charge is 2.62. The number of imide groups is 1. The maximum Gasteiger partial charge on any atom is 0.534 e. The van der Waals surface area contributed by atoms with Crippen molar-refractivity contribution >= 4 is 18.0 Å². The average molecular weight is 315 g/mol. The first-order chi connectivity index (χ1) is 11.1. The number of hydroxylamine groups is 2. The molecule has 2 amide bonds. The molecule has 3 heterocycles. The van der Waals surface area contributed by atoms with Crippen LogP contribution in [0.2, 0.25) is 0 Å². The highest BCUT2D eigenvalue weighted by Crippen LogP contribution is 2.45. The maximum absolute atomic E-state index is 12.3. The van der Waals surface area contributed by atoms with Gasteiger partial charge in [-0.15, -0.1) is 0 Å². The summed E-state index contributed by atoms with van der Waals surface area (Å²) in [6.45, 7) is -0.00132. The number of hydrogen-bond donors (Lipinski definition) is 0. The number of benzene rings is 1. The van der Waals surface area contributed by atoms with Gasteiger partial charge in [0.05, 0.1) is 24.0 Å². The Morgan fingerprint density at radius 1 is 1.04 bits per heavy atom. The van der Waals surface area contributed by atoms with Gasteiger partial charge in [0.15, 0.2) is 0 Å². The molecule has 1 aromatic carbocycles. The molecule has 4 atom stereocenters. The number of fused-ring (bicyclic) bond motifs is 5. The number of hydrogen-bond acceptors (Lipinski definition) is 6. The third-order valence-electron chi connectivity index (χ3n) is 4.24. The molecule has 0 aromatic heterocycles. The largest absolute Gasteiger partial charge is 0.534 e. The third kappa shape index (κ3) is 2.20. The van der Waals surface area contributed by atoms with Crippen molar-refractivity contribution in [2.45, 2.75) is 18.8 Å². The van der Waals surface area contributed by atoms with Crippen molar-refractivity contribution < 1.29 is 28.7 Å². The molecule has 2 saturated heterocycles. The van der Waals surface area contributed by atoms with Crippen LogP contribution in [-0.2, 0) is 30.5 Å². The molecule has 0 unspecified atom stereocenters. The third-order valence-corrected chi connectivity index (χ3v) is 4.24. The van der Waals surface area contributed by atoms with Crippen LogP contribution < -0.4 is 0 Å². The summed E-state index contributed by atoms with van der Waals surface area (Å²) in [5.74, 6) is -2.35. The molecule has 2 bridgehead atoms. The molecule has 2 fully saturated rings. The Morgan fingerprint density at radius 2 is 1.65 bits per heavy atom. The Morgan fingerprint density at radius 3 is 2.26 bits per heavy atom. The van der Waals surface area contributed by atoms with Gasteiger partial charge in [0.2, 0.25) is 0 Å². The molecule has 0 aliphatic carbocycles. The first-order valence-electron chi connectivity index (χ1n) is 7.25. The molecule has 4 rings (SSSR count). The lowest BCUT2D eigenvalue weighted by molar-refractivity contribution is -0.181. The number of rotatable bonds is 3. The summed E-state index contributed by atoms with van der Waals surface area (Å²) in [5, 5.41) is 0.512. The first-order valence-corrected chi connectivity index (χ1v) is 7.25. The van der Waals surface area contributed by atoms with Crippen molar-refractivity contribution in [3.63, 3.8) is 0 Å². The van der Waals surface area contributed by atoms with E-state index in [-0.39, 0.29) is 6.61 Å². The van der Waals surface area contributed by atoms with Gasteiger partial charge in [0.1, 0.15) is 6.61 Å². The minimum atomic E-state index is -1.09. The second kappa shape index (κ2) is 5.20. The van der Waals surface area contributed by atoms with Gasteiger partial charge in [-0.2, -0.15) is 0 Å². The highest BCUT2D eigenvalue weighted by atomic mass is 16.8. The molecule has 7 heteroatoms. The number of carbonyl (C=O) groups is 3. The summed E-state index contributed by atoms with van der Waals surface area (Å²) in [6, 6.07) is 9.02. The summed E-state index contributed by atoms with van der Waals surface area (Å²) in [7, 11) is 0. The second-order valence-corrected chi connectivity index (χ2v) is 5.59. The molecule has 3 aliphatic heterocycles. The summed E-state index contributed by atoms with van der Waals surface area (Å²) in [5.41, 5.74) is 0.774. The Hall–Kier alpha value is -2.67. The molecule has 118 valence electrons. The fourth-order valence-corrected chi connectivity index (χ4v) is 3.18. The molecule has 0 N–H and O–H groups in total. The van der Waals surface area contributed by atoms with Crippen LogP contribution in [0.15, 0.2) is 42.5 Å². The van der Waals surface area contributed by atoms with Crippen molar-refractivity contribution in [1.29, 1.82) is 0 Å². The molecule has 0 saturated carbocycles. The van der Waals surface area contributed by atoms with E-state index in [4.69, 9.17) is 14.3 Å². The van der Waals surface area contributed by atoms with Crippen LogP contribution in [0.5, 0.6) is 0 Å². The topological polar surface area (TPSA) is 82.1 Å². The normalized spacial score (nSPS) is 30.7. The number of ether oxygens (including phenoxy) is 2. The van der Waals surface area contributed by atoms with Crippen LogP contribution >= 0.6 is 0 Å². The van der Waals surface area contributed by atoms with Gasteiger partial charge in [0, 0.05) is 0 Å². The van der Waals surface area contributed by atoms with E-state index >= 15 is 0 Å². The van der Waals surface area contributed by atoms with Gasteiger partial charge >= 0.3 is 6.16 Å². The predicted octanol–water partition coefficient (Wildman–Crippen LogP) is 1.19. The van der Waals surface area contributed by atoms with Crippen LogP contribution in [0.3, 0.4) is 0 Å².